The van der Waals surface area contributed by atoms with Crippen molar-refractivity contribution < 1.29 is 14.3 Å². The highest BCUT2D eigenvalue weighted by atomic mass is 16.5. The first-order valence-corrected chi connectivity index (χ1v) is 7.60. The number of esters is 1. The number of carbonyl (C=O) groups excluding carboxylic acids is 1. The van der Waals surface area contributed by atoms with Crippen molar-refractivity contribution in [2.24, 2.45) is 11.8 Å². The van der Waals surface area contributed by atoms with Gasteiger partial charge in [0.1, 0.15) is 0 Å². The van der Waals surface area contributed by atoms with Crippen LogP contribution in [0.15, 0.2) is 18.2 Å². The minimum Gasteiger partial charge on any atom is -0.465 e. The summed E-state index contributed by atoms with van der Waals surface area (Å²) >= 11 is 0. The number of nitrogens with two attached hydrogens (primary N) is 1. The fraction of sp³-hybridized carbons (Fsp3) is 0.588. The molecule has 0 amide bonds. The van der Waals surface area contributed by atoms with E-state index in [0.29, 0.717) is 23.8 Å². The Morgan fingerprint density at radius 2 is 2.05 bits per heavy atom. The van der Waals surface area contributed by atoms with Crippen molar-refractivity contribution in [3.8, 4) is 0 Å². The van der Waals surface area contributed by atoms with E-state index >= 15 is 0 Å². The molecule has 1 fully saturated rings. The van der Waals surface area contributed by atoms with Gasteiger partial charge in [-0.1, -0.05) is 26.0 Å². The van der Waals surface area contributed by atoms with E-state index in [9.17, 15) is 4.79 Å². The lowest BCUT2D eigenvalue weighted by Crippen LogP contribution is -2.26. The predicted octanol–water partition coefficient (Wildman–Crippen LogP) is 3.40. The lowest BCUT2D eigenvalue weighted by atomic mass is 9.80. The van der Waals surface area contributed by atoms with Crippen LogP contribution in [0.3, 0.4) is 0 Å². The first-order chi connectivity index (χ1) is 10.0. The third-order valence-electron chi connectivity index (χ3n) is 4.60. The molecule has 2 rings (SSSR count). The second-order valence-corrected chi connectivity index (χ2v) is 6.07. The van der Waals surface area contributed by atoms with Crippen molar-refractivity contribution in [3.05, 3.63) is 29.3 Å². The van der Waals surface area contributed by atoms with Gasteiger partial charge in [0.15, 0.2) is 0 Å². The smallest absolute Gasteiger partial charge is 0.340 e. The fourth-order valence-corrected chi connectivity index (χ4v) is 2.95. The molecule has 4 nitrogen and oxygen atoms in total. The molecule has 2 N–H and O–H groups in total. The Hall–Kier alpha value is -1.55. The molecular formula is C17H25NO3. The van der Waals surface area contributed by atoms with Crippen LogP contribution in [-0.4, -0.2) is 19.2 Å². The number of anilines is 1. The third-order valence-corrected chi connectivity index (χ3v) is 4.60. The molecule has 0 heterocycles. The van der Waals surface area contributed by atoms with Crippen LogP contribution in [0.4, 0.5) is 5.69 Å². The number of rotatable bonds is 4. The van der Waals surface area contributed by atoms with Crippen molar-refractivity contribution in [2.45, 2.75) is 45.8 Å². The number of hydrogen-bond donors (Lipinski definition) is 1. The minimum atomic E-state index is -0.405. The lowest BCUT2D eigenvalue weighted by Gasteiger charge is -2.32. The summed E-state index contributed by atoms with van der Waals surface area (Å²) < 4.78 is 10.8. The topological polar surface area (TPSA) is 61.5 Å². The van der Waals surface area contributed by atoms with Gasteiger partial charge in [0.2, 0.25) is 0 Å². The molecule has 21 heavy (non-hydrogen) atoms. The monoisotopic (exact) mass is 291 g/mol. The molecule has 1 aromatic rings. The maximum absolute atomic E-state index is 11.8. The number of benzene rings is 1. The average molecular weight is 291 g/mol. The zero-order valence-corrected chi connectivity index (χ0v) is 13.1. The first-order valence-electron chi connectivity index (χ1n) is 7.60. The van der Waals surface area contributed by atoms with Crippen molar-refractivity contribution in [3.63, 3.8) is 0 Å². The molecule has 0 radical (unpaired) electrons. The van der Waals surface area contributed by atoms with E-state index in [4.69, 9.17) is 15.2 Å². The fourth-order valence-electron chi connectivity index (χ4n) is 2.95. The van der Waals surface area contributed by atoms with Crippen molar-refractivity contribution >= 4 is 11.7 Å². The average Bonchev–Trinajstić information content (AvgIpc) is 2.48. The Morgan fingerprint density at radius 1 is 1.29 bits per heavy atom. The number of methoxy groups -OCH3 is 1. The zero-order valence-electron chi connectivity index (χ0n) is 13.1. The summed E-state index contributed by atoms with van der Waals surface area (Å²) in [6, 6.07) is 5.42. The lowest BCUT2D eigenvalue weighted by molar-refractivity contribution is -0.00790. The van der Waals surface area contributed by atoms with Gasteiger partial charge in [-0.2, -0.15) is 0 Å². The summed E-state index contributed by atoms with van der Waals surface area (Å²) in [5.74, 6) is 1.05. The third kappa shape index (κ3) is 3.76. The number of carbonyl (C=O) groups is 1. The second kappa shape index (κ2) is 6.94. The molecule has 1 saturated carbocycles. The van der Waals surface area contributed by atoms with Gasteiger partial charge in [-0.25, -0.2) is 4.79 Å². The Bertz CT molecular complexity index is 501. The Kier molecular flexibility index (Phi) is 5.23. The molecule has 1 aliphatic carbocycles. The standard InChI is InChI=1S/C17H25NO3/c1-11-7-8-14(9-12(11)2)21-10-13-5-4-6-15(18)16(13)17(19)20-3/h4-6,11-12,14H,7-10,18H2,1-3H3. The highest BCUT2D eigenvalue weighted by Crippen LogP contribution is 2.31. The molecule has 0 bridgehead atoms. The molecule has 0 aromatic heterocycles. The van der Waals surface area contributed by atoms with Crippen molar-refractivity contribution in [2.75, 3.05) is 12.8 Å². The normalized spacial score (nSPS) is 25.6. The van der Waals surface area contributed by atoms with E-state index in [1.54, 1.807) is 6.07 Å². The van der Waals surface area contributed by atoms with Crippen molar-refractivity contribution in [1.82, 2.24) is 0 Å². The molecule has 1 aliphatic rings. The molecule has 4 heteroatoms. The quantitative estimate of drug-likeness (QED) is 0.682. The SMILES string of the molecule is COC(=O)c1c(N)cccc1COC1CCC(C)C(C)C1. The minimum absolute atomic E-state index is 0.267. The van der Waals surface area contributed by atoms with Gasteiger partial charge in [0.05, 0.1) is 25.4 Å². The molecule has 0 aliphatic heterocycles. The summed E-state index contributed by atoms with van der Waals surface area (Å²) in [5.41, 5.74) is 7.56. The summed E-state index contributed by atoms with van der Waals surface area (Å²) in [4.78, 5) is 11.8. The van der Waals surface area contributed by atoms with E-state index in [1.807, 2.05) is 12.1 Å². The highest BCUT2D eigenvalue weighted by Gasteiger charge is 2.25. The first kappa shape index (κ1) is 15.8. The van der Waals surface area contributed by atoms with Gasteiger partial charge in [-0.05, 0) is 42.7 Å². The van der Waals surface area contributed by atoms with Crippen LogP contribution >= 0.6 is 0 Å². The number of ether oxygens (including phenoxy) is 2. The van der Waals surface area contributed by atoms with Crippen LogP contribution in [0.5, 0.6) is 0 Å². The van der Waals surface area contributed by atoms with E-state index in [-0.39, 0.29) is 6.10 Å². The molecule has 3 atom stereocenters. The molecule has 1 aromatic carbocycles. The van der Waals surface area contributed by atoms with Crippen LogP contribution < -0.4 is 5.73 Å². The van der Waals surface area contributed by atoms with Crippen molar-refractivity contribution in [1.29, 1.82) is 0 Å². The van der Waals surface area contributed by atoms with Gasteiger partial charge < -0.3 is 15.2 Å². The van der Waals surface area contributed by atoms with E-state index in [2.05, 4.69) is 13.8 Å². The van der Waals surface area contributed by atoms with Crippen LogP contribution in [0.2, 0.25) is 0 Å². The van der Waals surface area contributed by atoms with E-state index in [1.165, 1.54) is 13.5 Å². The number of hydrogen-bond acceptors (Lipinski definition) is 4. The molecule has 0 saturated heterocycles. The van der Waals surface area contributed by atoms with Crippen LogP contribution in [0.25, 0.3) is 0 Å². The molecule has 0 spiro atoms. The Labute approximate surface area is 126 Å². The summed E-state index contributed by atoms with van der Waals surface area (Å²) in [6.07, 6.45) is 3.63. The summed E-state index contributed by atoms with van der Waals surface area (Å²) in [5, 5.41) is 0. The largest absolute Gasteiger partial charge is 0.465 e. The second-order valence-electron chi connectivity index (χ2n) is 6.07. The van der Waals surface area contributed by atoms with Gasteiger partial charge in [-0.15, -0.1) is 0 Å². The Balaban J connectivity index is 2.03. The Morgan fingerprint density at radius 3 is 2.71 bits per heavy atom. The zero-order chi connectivity index (χ0) is 15.4. The molecule has 116 valence electrons. The maximum Gasteiger partial charge on any atom is 0.340 e. The van der Waals surface area contributed by atoms with Gasteiger partial charge in [0, 0.05) is 5.69 Å². The summed E-state index contributed by atoms with van der Waals surface area (Å²) in [6.45, 7) is 4.98. The van der Waals surface area contributed by atoms with Gasteiger partial charge >= 0.3 is 5.97 Å². The molecular weight excluding hydrogens is 266 g/mol. The maximum atomic E-state index is 11.8. The highest BCUT2D eigenvalue weighted by molar-refractivity contribution is 5.96. The van der Waals surface area contributed by atoms with E-state index < -0.39 is 5.97 Å². The molecule has 3 unspecified atom stereocenters. The van der Waals surface area contributed by atoms with E-state index in [0.717, 1.165) is 24.3 Å². The van der Waals surface area contributed by atoms with Crippen LogP contribution in [0, 0.1) is 11.8 Å². The predicted molar refractivity (Wildman–Crippen MR) is 82.9 cm³/mol. The summed E-state index contributed by atoms with van der Waals surface area (Å²) in [7, 11) is 1.36. The van der Waals surface area contributed by atoms with Gasteiger partial charge in [-0.3, -0.25) is 0 Å². The number of nitrogen functional groups attached to an aromatic ring is 1. The van der Waals surface area contributed by atoms with Crippen LogP contribution in [-0.2, 0) is 16.1 Å². The van der Waals surface area contributed by atoms with Crippen LogP contribution in [0.1, 0.15) is 49.0 Å². The van der Waals surface area contributed by atoms with Gasteiger partial charge in [0.25, 0.3) is 0 Å².